The number of rotatable bonds is 3. The van der Waals surface area contributed by atoms with E-state index in [-0.39, 0.29) is 4.90 Å². The number of carbonyl (C=O) groups is 1. The second kappa shape index (κ2) is 5.56. The second-order valence-corrected chi connectivity index (χ2v) is 7.72. The number of aliphatic carboxylic acids is 1. The van der Waals surface area contributed by atoms with E-state index >= 15 is 0 Å². The number of nitrogens with zero attached hydrogens (tertiary/aromatic N) is 3. The number of benzene rings is 1. The molecule has 2 aromatic rings. The van der Waals surface area contributed by atoms with Gasteiger partial charge in [0.2, 0.25) is 10.0 Å². The Hall–Kier alpha value is -1.58. The van der Waals surface area contributed by atoms with E-state index in [1.807, 2.05) is 0 Å². The van der Waals surface area contributed by atoms with Gasteiger partial charge in [0.25, 0.3) is 0 Å². The SMILES string of the molecule is C[C@@H]1[C@H](C(=O)O)CCCN1S(=O)(=O)c1cccc2nsnc12. The lowest BCUT2D eigenvalue weighted by atomic mass is 9.92. The lowest BCUT2D eigenvalue weighted by Crippen LogP contribution is -2.49. The molecule has 1 aromatic heterocycles. The minimum Gasteiger partial charge on any atom is -0.481 e. The predicted octanol–water partition coefficient (Wildman–Crippen LogP) is 1.57. The molecule has 22 heavy (non-hydrogen) atoms. The molecule has 1 saturated heterocycles. The molecule has 0 aliphatic carbocycles. The summed E-state index contributed by atoms with van der Waals surface area (Å²) in [5.74, 6) is -1.64. The van der Waals surface area contributed by atoms with Crippen molar-refractivity contribution in [1.29, 1.82) is 0 Å². The van der Waals surface area contributed by atoms with Gasteiger partial charge in [-0.25, -0.2) is 8.42 Å². The summed E-state index contributed by atoms with van der Waals surface area (Å²) in [5, 5.41) is 9.26. The van der Waals surface area contributed by atoms with Gasteiger partial charge in [0.05, 0.1) is 17.6 Å². The molecule has 0 saturated carbocycles. The molecule has 0 unspecified atom stereocenters. The van der Waals surface area contributed by atoms with E-state index in [9.17, 15) is 18.3 Å². The van der Waals surface area contributed by atoms with Crippen LogP contribution in [0.25, 0.3) is 11.0 Å². The fraction of sp³-hybridized carbons (Fsp3) is 0.462. The van der Waals surface area contributed by atoms with Gasteiger partial charge in [0.1, 0.15) is 15.9 Å². The van der Waals surface area contributed by atoms with Crippen LogP contribution in [0.1, 0.15) is 19.8 Å². The Morgan fingerprint density at radius 2 is 2.18 bits per heavy atom. The number of carboxylic acid groups (broad SMARTS) is 1. The van der Waals surface area contributed by atoms with Crippen molar-refractivity contribution in [3.63, 3.8) is 0 Å². The van der Waals surface area contributed by atoms with Crippen molar-refractivity contribution in [1.82, 2.24) is 13.1 Å². The molecule has 1 aliphatic heterocycles. The lowest BCUT2D eigenvalue weighted by Gasteiger charge is -2.36. The molecule has 0 radical (unpaired) electrons. The minimum atomic E-state index is -3.80. The molecule has 0 bridgehead atoms. The van der Waals surface area contributed by atoms with Crippen molar-refractivity contribution in [3.8, 4) is 0 Å². The van der Waals surface area contributed by atoms with Gasteiger partial charge >= 0.3 is 5.97 Å². The maximum atomic E-state index is 12.9. The smallest absolute Gasteiger partial charge is 0.308 e. The number of hydrogen-bond acceptors (Lipinski definition) is 6. The van der Waals surface area contributed by atoms with Crippen LogP contribution < -0.4 is 0 Å². The summed E-state index contributed by atoms with van der Waals surface area (Å²) < 4.78 is 35.3. The molecule has 1 fully saturated rings. The number of hydrogen-bond donors (Lipinski definition) is 1. The molecule has 2 atom stereocenters. The largest absolute Gasteiger partial charge is 0.481 e. The van der Waals surface area contributed by atoms with Gasteiger partial charge in [-0.15, -0.1) is 0 Å². The van der Waals surface area contributed by atoms with Gasteiger partial charge in [-0.2, -0.15) is 13.1 Å². The number of aromatic nitrogens is 2. The molecule has 0 amide bonds. The van der Waals surface area contributed by atoms with Crippen LogP contribution in [0.4, 0.5) is 0 Å². The molecule has 1 N–H and O–H groups in total. The van der Waals surface area contributed by atoms with Crippen LogP contribution in [-0.4, -0.2) is 45.1 Å². The third-order valence-electron chi connectivity index (χ3n) is 4.08. The first-order valence-corrected chi connectivity index (χ1v) is 9.06. The Bertz CT molecular complexity index is 818. The first kappa shape index (κ1) is 15.3. The Labute approximate surface area is 132 Å². The average Bonchev–Trinajstić information content (AvgIpc) is 2.94. The van der Waals surface area contributed by atoms with Crippen molar-refractivity contribution in [2.75, 3.05) is 6.54 Å². The van der Waals surface area contributed by atoms with Crippen LogP contribution in [0.2, 0.25) is 0 Å². The highest BCUT2D eigenvalue weighted by molar-refractivity contribution is 7.89. The Morgan fingerprint density at radius 1 is 1.41 bits per heavy atom. The summed E-state index contributed by atoms with van der Waals surface area (Å²) in [6, 6.07) is 4.24. The number of sulfonamides is 1. The molecular weight excluding hydrogens is 326 g/mol. The second-order valence-electron chi connectivity index (χ2n) is 5.33. The summed E-state index contributed by atoms with van der Waals surface area (Å²) in [7, 11) is -3.80. The van der Waals surface area contributed by atoms with Crippen molar-refractivity contribution in [2.45, 2.75) is 30.7 Å². The first-order chi connectivity index (χ1) is 10.4. The van der Waals surface area contributed by atoms with Gasteiger partial charge in [-0.1, -0.05) is 6.07 Å². The molecule has 1 aromatic carbocycles. The number of piperidine rings is 1. The molecule has 2 heterocycles. The fourth-order valence-corrected chi connectivity index (χ4v) is 5.36. The normalized spacial score (nSPS) is 23.7. The molecule has 1 aliphatic rings. The highest BCUT2D eigenvalue weighted by Crippen LogP contribution is 2.31. The highest BCUT2D eigenvalue weighted by Gasteiger charge is 2.40. The van der Waals surface area contributed by atoms with Crippen LogP contribution in [0.15, 0.2) is 23.1 Å². The maximum Gasteiger partial charge on any atom is 0.308 e. The van der Waals surface area contributed by atoms with E-state index in [0.717, 1.165) is 11.7 Å². The summed E-state index contributed by atoms with van der Waals surface area (Å²) in [5.41, 5.74) is 0.877. The number of carboxylic acids is 1. The molecule has 0 spiro atoms. The quantitative estimate of drug-likeness (QED) is 0.909. The van der Waals surface area contributed by atoms with Crippen molar-refractivity contribution < 1.29 is 18.3 Å². The Kier molecular flexibility index (Phi) is 3.87. The van der Waals surface area contributed by atoms with E-state index in [1.54, 1.807) is 19.1 Å². The van der Waals surface area contributed by atoms with E-state index in [1.165, 1.54) is 10.4 Å². The summed E-state index contributed by atoms with van der Waals surface area (Å²) in [4.78, 5) is 11.4. The van der Waals surface area contributed by atoms with Gasteiger partial charge in [-0.05, 0) is 31.9 Å². The molecular formula is C13H15N3O4S2. The maximum absolute atomic E-state index is 12.9. The molecule has 7 nitrogen and oxygen atoms in total. The topological polar surface area (TPSA) is 100 Å². The Balaban J connectivity index is 2.06. The lowest BCUT2D eigenvalue weighted by molar-refractivity contribution is -0.144. The molecule has 118 valence electrons. The van der Waals surface area contributed by atoms with Gasteiger partial charge < -0.3 is 5.11 Å². The van der Waals surface area contributed by atoms with E-state index in [2.05, 4.69) is 8.75 Å². The van der Waals surface area contributed by atoms with Gasteiger partial charge in [0.15, 0.2) is 0 Å². The third kappa shape index (κ3) is 2.38. The minimum absolute atomic E-state index is 0.0941. The standard InChI is InChI=1S/C13H15N3O4S2/c1-8-9(13(17)18)4-3-7-16(8)22(19,20)11-6-2-5-10-12(11)15-21-14-10/h2,5-6,8-9H,3-4,7H2,1H3,(H,17,18)/t8-,9-/m1/s1. The first-order valence-electron chi connectivity index (χ1n) is 6.89. The zero-order valence-corrected chi connectivity index (χ0v) is 13.5. The average molecular weight is 341 g/mol. The summed E-state index contributed by atoms with van der Waals surface area (Å²) >= 11 is 0.959. The van der Waals surface area contributed by atoms with Crippen molar-refractivity contribution in [2.24, 2.45) is 5.92 Å². The van der Waals surface area contributed by atoms with Crippen LogP contribution in [0.5, 0.6) is 0 Å². The zero-order chi connectivity index (χ0) is 15.9. The Morgan fingerprint density at radius 3 is 2.91 bits per heavy atom. The van der Waals surface area contributed by atoms with Crippen LogP contribution in [0.3, 0.4) is 0 Å². The van der Waals surface area contributed by atoms with E-state index in [0.29, 0.717) is 30.4 Å². The van der Waals surface area contributed by atoms with Crippen molar-refractivity contribution in [3.05, 3.63) is 18.2 Å². The third-order valence-corrected chi connectivity index (χ3v) is 6.64. The van der Waals surface area contributed by atoms with Gasteiger partial charge in [-0.3, -0.25) is 4.79 Å². The number of fused-ring (bicyclic) bond motifs is 1. The fourth-order valence-electron chi connectivity index (χ4n) is 2.90. The zero-order valence-electron chi connectivity index (χ0n) is 11.8. The highest BCUT2D eigenvalue weighted by atomic mass is 32.2. The van der Waals surface area contributed by atoms with Crippen LogP contribution >= 0.6 is 11.7 Å². The summed E-state index contributed by atoms with van der Waals surface area (Å²) in [6.45, 7) is 1.97. The summed E-state index contributed by atoms with van der Waals surface area (Å²) in [6.07, 6.45) is 1.02. The predicted molar refractivity (Wildman–Crippen MR) is 81.1 cm³/mol. The van der Waals surface area contributed by atoms with E-state index < -0.39 is 28.0 Å². The van der Waals surface area contributed by atoms with Crippen LogP contribution in [0, 0.1) is 5.92 Å². The van der Waals surface area contributed by atoms with Gasteiger partial charge in [0, 0.05) is 12.6 Å². The van der Waals surface area contributed by atoms with E-state index in [4.69, 9.17) is 0 Å². The molecule has 3 rings (SSSR count). The van der Waals surface area contributed by atoms with Crippen LogP contribution in [-0.2, 0) is 14.8 Å². The van der Waals surface area contributed by atoms with Crippen molar-refractivity contribution >= 4 is 38.8 Å². The molecule has 9 heteroatoms. The monoisotopic (exact) mass is 341 g/mol.